The quantitative estimate of drug-likeness (QED) is 0.326. The normalized spacial score (nSPS) is 14.2. The summed E-state index contributed by atoms with van der Waals surface area (Å²) in [4.78, 5) is 10.2. The Balaban J connectivity index is 3.19. The lowest BCUT2D eigenvalue weighted by atomic mass is 9.98. The molecule has 1 aromatic rings. The fraction of sp³-hybridized carbons (Fsp3) is 0.455. The Labute approximate surface area is 109 Å². The Hall–Kier alpha value is -1.37. The molecule has 100 valence electrons. The van der Waals surface area contributed by atoms with Crippen LogP contribution in [0.4, 0.5) is 11.4 Å². The van der Waals surface area contributed by atoms with Crippen molar-refractivity contribution >= 4 is 23.0 Å². The van der Waals surface area contributed by atoms with E-state index in [0.717, 1.165) is 0 Å². The van der Waals surface area contributed by atoms with Gasteiger partial charge in [0, 0.05) is 17.5 Å². The van der Waals surface area contributed by atoms with E-state index in [1.165, 1.54) is 12.1 Å². The molecule has 0 saturated heterocycles. The van der Waals surface area contributed by atoms with Crippen LogP contribution in [0.2, 0.25) is 0 Å². The van der Waals surface area contributed by atoms with Crippen LogP contribution in [0.5, 0.6) is 0 Å². The molecule has 1 rings (SSSR count). The van der Waals surface area contributed by atoms with Crippen LogP contribution < -0.4 is 5.73 Å². The molecule has 18 heavy (non-hydrogen) atoms. The molecule has 0 aliphatic carbocycles. The summed E-state index contributed by atoms with van der Waals surface area (Å²) in [6, 6.07) is 2.84. The number of anilines is 1. The third kappa shape index (κ3) is 3.10. The van der Waals surface area contributed by atoms with E-state index in [-0.39, 0.29) is 29.2 Å². The smallest absolute Gasteiger partial charge is 0.292 e. The number of nitrogens with two attached hydrogens (primary N) is 1. The summed E-state index contributed by atoms with van der Waals surface area (Å²) in [5.41, 5.74) is 5.97. The van der Waals surface area contributed by atoms with Crippen molar-refractivity contribution in [1.82, 2.24) is 0 Å². The SMILES string of the molecule is Cc1cc(C(O)C(O)CCCl)c(N)c([N+](=O)[O-])c1. The number of aryl methyl sites for hydroxylation is 1. The van der Waals surface area contributed by atoms with Crippen molar-refractivity contribution in [3.8, 4) is 0 Å². The highest BCUT2D eigenvalue weighted by atomic mass is 35.5. The van der Waals surface area contributed by atoms with Gasteiger partial charge in [0.25, 0.3) is 5.69 Å². The molecule has 0 saturated carbocycles. The van der Waals surface area contributed by atoms with Crippen LogP contribution in [0, 0.1) is 17.0 Å². The molecule has 7 heteroatoms. The number of nitrogens with zero attached hydrogens (tertiary/aromatic N) is 1. The largest absolute Gasteiger partial charge is 0.393 e. The summed E-state index contributed by atoms with van der Waals surface area (Å²) < 4.78 is 0. The van der Waals surface area contributed by atoms with E-state index >= 15 is 0 Å². The summed E-state index contributed by atoms with van der Waals surface area (Å²) >= 11 is 5.47. The van der Waals surface area contributed by atoms with Gasteiger partial charge in [0.1, 0.15) is 11.8 Å². The molecule has 0 aliphatic rings. The van der Waals surface area contributed by atoms with Crippen LogP contribution in [-0.4, -0.2) is 27.1 Å². The lowest BCUT2D eigenvalue weighted by Gasteiger charge is -2.19. The number of rotatable bonds is 5. The molecule has 0 aliphatic heterocycles. The second-order valence-corrected chi connectivity index (χ2v) is 4.41. The van der Waals surface area contributed by atoms with E-state index in [2.05, 4.69) is 0 Å². The zero-order valence-electron chi connectivity index (χ0n) is 9.84. The van der Waals surface area contributed by atoms with Crippen molar-refractivity contribution in [2.45, 2.75) is 25.6 Å². The molecule has 0 amide bonds. The number of nitro groups is 1. The number of alkyl halides is 1. The van der Waals surface area contributed by atoms with Gasteiger partial charge in [-0.3, -0.25) is 10.1 Å². The van der Waals surface area contributed by atoms with Gasteiger partial charge in [0.15, 0.2) is 0 Å². The third-order valence-corrected chi connectivity index (χ3v) is 2.84. The Morgan fingerprint density at radius 2 is 2.11 bits per heavy atom. The minimum atomic E-state index is -1.29. The molecule has 0 spiro atoms. The van der Waals surface area contributed by atoms with Crippen LogP contribution in [-0.2, 0) is 0 Å². The lowest BCUT2D eigenvalue weighted by Crippen LogP contribution is -2.20. The highest BCUT2D eigenvalue weighted by molar-refractivity contribution is 6.17. The van der Waals surface area contributed by atoms with Gasteiger partial charge in [0.05, 0.1) is 11.0 Å². The maximum Gasteiger partial charge on any atom is 0.292 e. The number of nitro benzene ring substituents is 1. The van der Waals surface area contributed by atoms with E-state index in [0.29, 0.717) is 5.56 Å². The fourth-order valence-corrected chi connectivity index (χ4v) is 1.90. The fourth-order valence-electron chi connectivity index (χ4n) is 1.68. The van der Waals surface area contributed by atoms with Gasteiger partial charge >= 0.3 is 0 Å². The molecule has 2 atom stereocenters. The van der Waals surface area contributed by atoms with Gasteiger partial charge in [-0.05, 0) is 18.9 Å². The lowest BCUT2D eigenvalue weighted by molar-refractivity contribution is -0.384. The predicted octanol–water partition coefficient (Wildman–Crippen LogP) is 1.51. The first-order valence-electron chi connectivity index (χ1n) is 5.35. The zero-order chi connectivity index (χ0) is 13.9. The number of halogens is 1. The predicted molar refractivity (Wildman–Crippen MR) is 68.5 cm³/mol. The first kappa shape index (κ1) is 14.7. The van der Waals surface area contributed by atoms with Crippen molar-refractivity contribution in [3.63, 3.8) is 0 Å². The number of benzene rings is 1. The highest BCUT2D eigenvalue weighted by Crippen LogP contribution is 2.33. The summed E-state index contributed by atoms with van der Waals surface area (Å²) in [6.45, 7) is 1.65. The second kappa shape index (κ2) is 5.99. The van der Waals surface area contributed by atoms with E-state index in [9.17, 15) is 20.3 Å². The van der Waals surface area contributed by atoms with E-state index in [4.69, 9.17) is 17.3 Å². The Morgan fingerprint density at radius 3 is 2.61 bits per heavy atom. The first-order valence-corrected chi connectivity index (χ1v) is 5.88. The minimum absolute atomic E-state index is 0.133. The Bertz CT molecular complexity index is 453. The van der Waals surface area contributed by atoms with Gasteiger partial charge in [-0.15, -0.1) is 11.6 Å². The molecule has 0 heterocycles. The van der Waals surface area contributed by atoms with Crippen molar-refractivity contribution in [1.29, 1.82) is 0 Å². The van der Waals surface area contributed by atoms with E-state index in [1.807, 2.05) is 0 Å². The average Bonchev–Trinajstić information content (AvgIpc) is 2.30. The van der Waals surface area contributed by atoms with E-state index < -0.39 is 17.1 Å². The van der Waals surface area contributed by atoms with Crippen molar-refractivity contribution < 1.29 is 15.1 Å². The van der Waals surface area contributed by atoms with Crippen molar-refractivity contribution in [3.05, 3.63) is 33.4 Å². The summed E-state index contributed by atoms with van der Waals surface area (Å²) in [6.07, 6.45) is -2.22. The Kier molecular flexibility index (Phi) is 4.89. The maximum atomic E-state index is 10.8. The standard InChI is InChI=1S/C11H15ClN2O4/c1-6-4-7(11(16)9(15)2-3-12)10(13)8(5-6)14(17)18/h4-5,9,11,15-16H,2-3,13H2,1H3. The molecule has 1 aromatic carbocycles. The maximum absolute atomic E-state index is 10.8. The van der Waals surface area contributed by atoms with E-state index in [1.54, 1.807) is 6.92 Å². The number of aliphatic hydroxyl groups is 2. The number of hydrogen-bond donors (Lipinski definition) is 3. The van der Waals surface area contributed by atoms with Gasteiger partial charge in [-0.1, -0.05) is 6.07 Å². The first-order chi connectivity index (χ1) is 8.38. The topological polar surface area (TPSA) is 110 Å². The van der Waals surface area contributed by atoms with Crippen LogP contribution in [0.15, 0.2) is 12.1 Å². The molecule has 6 nitrogen and oxygen atoms in total. The van der Waals surface area contributed by atoms with Crippen LogP contribution in [0.25, 0.3) is 0 Å². The average molecular weight is 275 g/mol. The molecule has 0 bridgehead atoms. The number of hydrogen-bond acceptors (Lipinski definition) is 5. The van der Waals surface area contributed by atoms with Crippen LogP contribution in [0.1, 0.15) is 23.7 Å². The van der Waals surface area contributed by atoms with Gasteiger partial charge in [0.2, 0.25) is 0 Å². The van der Waals surface area contributed by atoms with Crippen LogP contribution >= 0.6 is 11.6 Å². The monoisotopic (exact) mass is 274 g/mol. The Morgan fingerprint density at radius 1 is 1.50 bits per heavy atom. The molecule has 0 radical (unpaired) electrons. The zero-order valence-corrected chi connectivity index (χ0v) is 10.6. The van der Waals surface area contributed by atoms with Gasteiger partial charge in [-0.2, -0.15) is 0 Å². The van der Waals surface area contributed by atoms with Gasteiger partial charge < -0.3 is 15.9 Å². The molecule has 2 unspecified atom stereocenters. The molecule has 0 fully saturated rings. The summed E-state index contributed by atoms with van der Waals surface area (Å²) in [5.74, 6) is 0.173. The number of aliphatic hydroxyl groups excluding tert-OH is 2. The third-order valence-electron chi connectivity index (χ3n) is 2.62. The molecule has 0 aromatic heterocycles. The van der Waals surface area contributed by atoms with Crippen LogP contribution in [0.3, 0.4) is 0 Å². The van der Waals surface area contributed by atoms with Crippen molar-refractivity contribution in [2.24, 2.45) is 0 Å². The highest BCUT2D eigenvalue weighted by Gasteiger charge is 2.25. The molecule has 4 N–H and O–H groups in total. The molecular formula is C11H15ClN2O4. The summed E-state index contributed by atoms with van der Waals surface area (Å²) in [7, 11) is 0. The van der Waals surface area contributed by atoms with Crippen molar-refractivity contribution in [2.75, 3.05) is 11.6 Å². The summed E-state index contributed by atoms with van der Waals surface area (Å²) in [5, 5.41) is 30.4. The second-order valence-electron chi connectivity index (χ2n) is 4.03. The van der Waals surface area contributed by atoms with Gasteiger partial charge in [-0.25, -0.2) is 0 Å². The number of nitrogen functional groups attached to an aromatic ring is 1. The molecular weight excluding hydrogens is 260 g/mol. The minimum Gasteiger partial charge on any atom is -0.393 e.